The molecule has 2 rings (SSSR count). The Balaban J connectivity index is 2.07. The van der Waals surface area contributed by atoms with Crippen LogP contribution in [0.4, 0.5) is 19.1 Å². The minimum absolute atomic E-state index is 0.0970. The Morgan fingerprint density at radius 3 is 2.56 bits per heavy atom. The van der Waals surface area contributed by atoms with Crippen LogP contribution in [-0.2, 0) is 21.3 Å². The monoisotopic (exact) mass is 403 g/mol. The maximum absolute atomic E-state index is 12.9. The Labute approximate surface area is 148 Å². The van der Waals surface area contributed by atoms with Crippen LogP contribution in [0.2, 0.25) is 0 Å². The van der Waals surface area contributed by atoms with Gasteiger partial charge < -0.3 is 9.64 Å². The third-order valence-corrected chi connectivity index (χ3v) is 5.93. The zero-order valence-corrected chi connectivity index (χ0v) is 15.3. The fourth-order valence-electron chi connectivity index (χ4n) is 2.22. The van der Waals surface area contributed by atoms with Crippen molar-refractivity contribution in [3.63, 3.8) is 0 Å². The van der Waals surface area contributed by atoms with Crippen LogP contribution in [0.1, 0.15) is 6.42 Å². The molecule has 0 bridgehead atoms. The molecule has 0 spiro atoms. The van der Waals surface area contributed by atoms with Gasteiger partial charge in [-0.15, -0.1) is 10.2 Å². The third-order valence-electron chi connectivity index (χ3n) is 3.43. The minimum atomic E-state index is -4.41. The van der Waals surface area contributed by atoms with E-state index in [2.05, 4.69) is 14.9 Å². The van der Waals surface area contributed by atoms with Gasteiger partial charge in [-0.25, -0.2) is 13.1 Å². The first-order valence-corrected chi connectivity index (χ1v) is 10.2. The summed E-state index contributed by atoms with van der Waals surface area (Å²) in [6, 6.07) is 0. The molecule has 13 heteroatoms. The van der Waals surface area contributed by atoms with E-state index in [4.69, 9.17) is 4.74 Å². The quantitative estimate of drug-likeness (QED) is 0.505. The predicted octanol–water partition coefficient (Wildman–Crippen LogP) is 0.708. The normalized spacial score (nSPS) is 16.4. The summed E-state index contributed by atoms with van der Waals surface area (Å²) in [5.74, 6) is 0.381. The Kier molecular flexibility index (Phi) is 6.93. The number of aromatic nitrogens is 3. The smallest absolute Gasteiger partial charge is 0.378 e. The van der Waals surface area contributed by atoms with Crippen molar-refractivity contribution in [3.05, 3.63) is 0 Å². The van der Waals surface area contributed by atoms with Crippen molar-refractivity contribution < 1.29 is 26.3 Å². The molecule has 25 heavy (non-hydrogen) atoms. The number of nitrogens with one attached hydrogen (secondary N) is 1. The highest BCUT2D eigenvalue weighted by Gasteiger charge is 2.32. The summed E-state index contributed by atoms with van der Waals surface area (Å²) < 4.78 is 69.9. The first kappa shape index (κ1) is 20.3. The van der Waals surface area contributed by atoms with Crippen LogP contribution in [0.25, 0.3) is 0 Å². The second-order valence-electron chi connectivity index (χ2n) is 5.31. The summed E-state index contributed by atoms with van der Waals surface area (Å²) in [4.78, 5) is 1.71. The highest BCUT2D eigenvalue weighted by Crippen LogP contribution is 2.28. The second kappa shape index (κ2) is 8.56. The van der Waals surface area contributed by atoms with Crippen molar-refractivity contribution in [2.75, 3.05) is 49.8 Å². The second-order valence-corrected chi connectivity index (χ2v) is 8.42. The summed E-state index contributed by atoms with van der Waals surface area (Å²) in [5, 5.41) is 7.88. The molecule has 0 unspecified atom stereocenters. The van der Waals surface area contributed by atoms with Crippen LogP contribution in [-0.4, -0.2) is 74.2 Å². The number of thioether (sulfide) groups is 1. The van der Waals surface area contributed by atoms with Crippen molar-refractivity contribution in [2.45, 2.75) is 24.3 Å². The molecule has 0 saturated carbocycles. The van der Waals surface area contributed by atoms with Crippen molar-refractivity contribution in [1.29, 1.82) is 0 Å². The summed E-state index contributed by atoms with van der Waals surface area (Å²) >= 11 is 1.06. The van der Waals surface area contributed by atoms with E-state index in [-0.39, 0.29) is 16.9 Å². The lowest BCUT2D eigenvalue weighted by Crippen LogP contribution is -2.38. The molecule has 0 amide bonds. The molecule has 1 saturated heterocycles. The van der Waals surface area contributed by atoms with Gasteiger partial charge in [-0.2, -0.15) is 13.2 Å². The lowest BCUT2D eigenvalue weighted by molar-refractivity contribution is -0.141. The maximum Gasteiger partial charge on any atom is 0.406 e. The van der Waals surface area contributed by atoms with Gasteiger partial charge in [-0.1, -0.05) is 11.8 Å². The van der Waals surface area contributed by atoms with Crippen LogP contribution in [0.15, 0.2) is 5.16 Å². The minimum Gasteiger partial charge on any atom is -0.378 e. The average Bonchev–Trinajstić information content (AvgIpc) is 2.93. The van der Waals surface area contributed by atoms with Crippen molar-refractivity contribution in [2.24, 2.45) is 0 Å². The molecule has 0 aromatic carbocycles. The Morgan fingerprint density at radius 2 is 1.96 bits per heavy atom. The molecule has 1 fully saturated rings. The SMILES string of the molecule is CNS(=O)(=O)CCCSc1nnc(N2CCOCC2)n1CC(F)(F)F. The number of hydrogen-bond acceptors (Lipinski definition) is 7. The fraction of sp³-hybridized carbons (Fsp3) is 0.833. The summed E-state index contributed by atoms with van der Waals surface area (Å²) in [7, 11) is -2.02. The van der Waals surface area contributed by atoms with Gasteiger partial charge in [0.2, 0.25) is 16.0 Å². The van der Waals surface area contributed by atoms with Crippen LogP contribution < -0.4 is 9.62 Å². The molecule has 0 radical (unpaired) electrons. The number of ether oxygens (including phenoxy) is 1. The summed E-state index contributed by atoms with van der Waals surface area (Å²) in [5.41, 5.74) is 0. The van der Waals surface area contributed by atoms with Gasteiger partial charge >= 0.3 is 6.18 Å². The predicted molar refractivity (Wildman–Crippen MR) is 87.3 cm³/mol. The number of nitrogens with zero attached hydrogens (tertiary/aromatic N) is 4. The van der Waals surface area contributed by atoms with Gasteiger partial charge in [0.15, 0.2) is 5.16 Å². The number of halogens is 3. The number of hydrogen-bond donors (Lipinski definition) is 1. The van der Waals surface area contributed by atoms with Gasteiger partial charge in [0.1, 0.15) is 6.54 Å². The Morgan fingerprint density at radius 1 is 1.28 bits per heavy atom. The van der Waals surface area contributed by atoms with E-state index in [1.807, 2.05) is 0 Å². The first-order chi connectivity index (χ1) is 11.7. The molecule has 1 N–H and O–H groups in total. The zero-order valence-electron chi connectivity index (χ0n) is 13.6. The van der Waals surface area contributed by atoms with Gasteiger partial charge in [0, 0.05) is 18.8 Å². The van der Waals surface area contributed by atoms with Crippen LogP contribution in [0.3, 0.4) is 0 Å². The number of alkyl halides is 3. The molecule has 1 aliphatic heterocycles. The number of anilines is 1. The standard InChI is InChI=1S/C12H20F3N5O3S2/c1-16-25(21,22)8-2-7-24-11-18-17-10(19-3-5-23-6-4-19)20(11)9-12(13,14)15/h16H,2-9H2,1H3. The molecule has 1 aliphatic rings. The number of sulfonamides is 1. The van der Waals surface area contributed by atoms with Crippen LogP contribution in [0, 0.1) is 0 Å². The van der Waals surface area contributed by atoms with E-state index in [1.54, 1.807) is 4.90 Å². The van der Waals surface area contributed by atoms with E-state index in [0.717, 1.165) is 16.3 Å². The first-order valence-electron chi connectivity index (χ1n) is 7.58. The summed E-state index contributed by atoms with van der Waals surface area (Å²) in [6.07, 6.45) is -4.12. The zero-order chi connectivity index (χ0) is 18.5. The van der Waals surface area contributed by atoms with E-state index in [0.29, 0.717) is 38.5 Å². The lowest BCUT2D eigenvalue weighted by atomic mass is 10.4. The van der Waals surface area contributed by atoms with Crippen molar-refractivity contribution in [1.82, 2.24) is 19.5 Å². The Bertz CT molecular complexity index is 659. The molecule has 144 valence electrons. The van der Waals surface area contributed by atoms with Crippen LogP contribution >= 0.6 is 11.8 Å². The van der Waals surface area contributed by atoms with E-state index >= 15 is 0 Å². The topological polar surface area (TPSA) is 89.3 Å². The maximum atomic E-state index is 12.9. The van der Waals surface area contributed by atoms with Gasteiger partial charge in [0.05, 0.1) is 19.0 Å². The molecule has 0 atom stereocenters. The number of rotatable bonds is 8. The molecule has 1 aromatic heterocycles. The Hall–Kier alpha value is -1.05. The molecule has 1 aromatic rings. The summed E-state index contributed by atoms with van der Waals surface area (Å²) in [6.45, 7) is 0.540. The molecule has 8 nitrogen and oxygen atoms in total. The van der Waals surface area contributed by atoms with Gasteiger partial charge in [-0.3, -0.25) is 4.57 Å². The van der Waals surface area contributed by atoms with Gasteiger partial charge in [0.25, 0.3) is 0 Å². The van der Waals surface area contributed by atoms with Crippen molar-refractivity contribution in [3.8, 4) is 0 Å². The fourth-order valence-corrected chi connectivity index (χ4v) is 4.00. The molecular formula is C12H20F3N5O3S2. The largest absolute Gasteiger partial charge is 0.406 e. The molecule has 0 aliphatic carbocycles. The highest BCUT2D eigenvalue weighted by atomic mass is 32.2. The van der Waals surface area contributed by atoms with E-state index in [1.165, 1.54) is 7.05 Å². The molecule has 2 heterocycles. The average molecular weight is 403 g/mol. The highest BCUT2D eigenvalue weighted by molar-refractivity contribution is 7.99. The van der Waals surface area contributed by atoms with Gasteiger partial charge in [-0.05, 0) is 13.5 Å². The van der Waals surface area contributed by atoms with E-state index < -0.39 is 22.7 Å². The lowest BCUT2D eigenvalue weighted by Gasteiger charge is -2.28. The van der Waals surface area contributed by atoms with E-state index in [9.17, 15) is 21.6 Å². The van der Waals surface area contributed by atoms with Crippen LogP contribution in [0.5, 0.6) is 0 Å². The molecular weight excluding hydrogens is 383 g/mol. The van der Waals surface area contributed by atoms with Crippen molar-refractivity contribution >= 4 is 27.7 Å². The number of morpholine rings is 1. The third kappa shape index (κ3) is 6.31.